The quantitative estimate of drug-likeness (QED) is 0.769. The van der Waals surface area contributed by atoms with Crippen molar-refractivity contribution in [3.63, 3.8) is 0 Å². The summed E-state index contributed by atoms with van der Waals surface area (Å²) < 4.78 is 5.80. The average molecular weight is 291 g/mol. The predicted octanol–water partition coefficient (Wildman–Crippen LogP) is 4.44. The van der Waals surface area contributed by atoms with E-state index >= 15 is 0 Å². The Balaban J connectivity index is 2.26. The van der Waals surface area contributed by atoms with E-state index in [9.17, 15) is 0 Å². The van der Waals surface area contributed by atoms with Gasteiger partial charge in [0.2, 0.25) is 0 Å². The van der Waals surface area contributed by atoms with Crippen LogP contribution in [0.5, 0.6) is 0 Å². The number of nitrogens with zero attached hydrogens (tertiary/aromatic N) is 2. The molecule has 0 radical (unpaired) electrons. The van der Waals surface area contributed by atoms with E-state index in [1.165, 1.54) is 31.4 Å². The minimum absolute atomic E-state index is 0.0125. The Hall–Kier alpha value is -1.16. The van der Waals surface area contributed by atoms with Gasteiger partial charge in [-0.3, -0.25) is 0 Å². The normalized spacial score (nSPS) is 17.1. The van der Waals surface area contributed by atoms with Gasteiger partial charge in [0.15, 0.2) is 5.82 Å². The van der Waals surface area contributed by atoms with Gasteiger partial charge in [0.25, 0.3) is 0 Å². The van der Waals surface area contributed by atoms with Gasteiger partial charge in [-0.05, 0) is 32.6 Å². The Bertz CT molecular complexity index is 430. The molecule has 1 aliphatic carbocycles. The molecule has 4 heteroatoms. The van der Waals surface area contributed by atoms with Gasteiger partial charge < -0.3 is 10.1 Å². The molecule has 0 saturated heterocycles. The maximum Gasteiger partial charge on any atom is 0.159 e. The molecule has 1 atom stereocenters. The van der Waals surface area contributed by atoms with Crippen LogP contribution in [-0.2, 0) is 4.74 Å². The minimum atomic E-state index is 0.0125. The van der Waals surface area contributed by atoms with Gasteiger partial charge in [-0.2, -0.15) is 0 Å². The summed E-state index contributed by atoms with van der Waals surface area (Å²) in [5, 5.41) is 3.41. The van der Waals surface area contributed by atoms with Gasteiger partial charge in [-0.25, -0.2) is 9.97 Å². The molecule has 1 saturated carbocycles. The highest BCUT2D eigenvalue weighted by molar-refractivity contribution is 5.37. The largest absolute Gasteiger partial charge is 0.371 e. The highest BCUT2D eigenvalue weighted by atomic mass is 16.5. The summed E-state index contributed by atoms with van der Waals surface area (Å²) in [6.07, 6.45) is 7.19. The highest BCUT2D eigenvalue weighted by Crippen LogP contribution is 2.34. The molecule has 1 aromatic heterocycles. The number of hydrogen-bond acceptors (Lipinski definition) is 4. The van der Waals surface area contributed by atoms with Gasteiger partial charge in [-0.15, -0.1) is 0 Å². The number of rotatable bonds is 8. The zero-order chi connectivity index (χ0) is 15.1. The van der Waals surface area contributed by atoms with E-state index in [-0.39, 0.29) is 6.10 Å². The fourth-order valence-corrected chi connectivity index (χ4v) is 2.98. The molecular weight excluding hydrogens is 262 g/mol. The first-order valence-corrected chi connectivity index (χ1v) is 8.52. The number of nitrogens with one attached hydrogen (secondary N) is 1. The fourth-order valence-electron chi connectivity index (χ4n) is 2.98. The molecule has 0 aliphatic heterocycles. The lowest BCUT2D eigenvalue weighted by Gasteiger charge is -2.18. The zero-order valence-electron chi connectivity index (χ0n) is 13.7. The third kappa shape index (κ3) is 4.40. The van der Waals surface area contributed by atoms with Crippen LogP contribution in [0.4, 0.5) is 5.82 Å². The second-order valence-electron chi connectivity index (χ2n) is 5.80. The average Bonchev–Trinajstić information content (AvgIpc) is 3.04. The van der Waals surface area contributed by atoms with Crippen molar-refractivity contribution >= 4 is 5.82 Å². The molecule has 1 fully saturated rings. The molecule has 21 heavy (non-hydrogen) atoms. The van der Waals surface area contributed by atoms with Crippen LogP contribution >= 0.6 is 0 Å². The summed E-state index contributed by atoms with van der Waals surface area (Å²) in [7, 11) is 0. The van der Waals surface area contributed by atoms with Gasteiger partial charge in [0, 0.05) is 30.8 Å². The lowest BCUT2D eigenvalue weighted by molar-refractivity contribution is 0.0533. The number of anilines is 1. The summed E-state index contributed by atoms with van der Waals surface area (Å²) in [6, 6.07) is 2.15. The molecular formula is C17H29N3O. The van der Waals surface area contributed by atoms with Crippen molar-refractivity contribution in [3.8, 4) is 0 Å². The molecule has 1 N–H and O–H groups in total. The highest BCUT2D eigenvalue weighted by Gasteiger charge is 2.22. The standard InChI is InChI=1S/C17H29N3O/c1-4-11-18-16-12-14(13-9-7-8-10-13)19-17(20-16)15(5-2)21-6-3/h12-13,15H,4-11H2,1-3H3,(H,18,19,20). The molecule has 0 spiro atoms. The van der Waals surface area contributed by atoms with Gasteiger partial charge in [0.05, 0.1) is 0 Å². The lowest BCUT2D eigenvalue weighted by Crippen LogP contribution is -2.13. The Kier molecular flexibility index (Phi) is 6.43. The molecule has 0 amide bonds. The maximum absolute atomic E-state index is 5.80. The number of ether oxygens (including phenoxy) is 1. The summed E-state index contributed by atoms with van der Waals surface area (Å²) >= 11 is 0. The van der Waals surface area contributed by atoms with Crippen LogP contribution in [0.25, 0.3) is 0 Å². The Labute approximate surface area is 128 Å². The minimum Gasteiger partial charge on any atom is -0.371 e. The number of hydrogen-bond donors (Lipinski definition) is 1. The smallest absolute Gasteiger partial charge is 0.159 e. The summed E-state index contributed by atoms with van der Waals surface area (Å²) in [4.78, 5) is 9.52. The van der Waals surface area contributed by atoms with Crippen LogP contribution in [0, 0.1) is 0 Å². The van der Waals surface area contributed by atoms with Crippen LogP contribution in [0.1, 0.15) is 82.8 Å². The van der Waals surface area contributed by atoms with Crippen molar-refractivity contribution in [3.05, 3.63) is 17.6 Å². The van der Waals surface area contributed by atoms with E-state index in [0.29, 0.717) is 12.5 Å². The van der Waals surface area contributed by atoms with Crippen LogP contribution in [0.15, 0.2) is 6.07 Å². The van der Waals surface area contributed by atoms with E-state index in [2.05, 4.69) is 30.2 Å². The molecule has 0 bridgehead atoms. The number of aromatic nitrogens is 2. The zero-order valence-corrected chi connectivity index (χ0v) is 13.7. The third-order valence-electron chi connectivity index (χ3n) is 4.12. The first kappa shape index (κ1) is 16.2. The van der Waals surface area contributed by atoms with E-state index < -0.39 is 0 Å². The molecule has 1 unspecified atom stereocenters. The Morgan fingerprint density at radius 2 is 2.00 bits per heavy atom. The van der Waals surface area contributed by atoms with Crippen molar-refractivity contribution in [2.75, 3.05) is 18.5 Å². The Morgan fingerprint density at radius 1 is 1.24 bits per heavy atom. The molecule has 1 aromatic rings. The lowest BCUT2D eigenvalue weighted by atomic mass is 10.0. The van der Waals surface area contributed by atoms with Crippen molar-refractivity contribution in [1.29, 1.82) is 0 Å². The van der Waals surface area contributed by atoms with E-state index in [1.54, 1.807) is 0 Å². The van der Waals surface area contributed by atoms with E-state index in [0.717, 1.165) is 31.0 Å². The second kappa shape index (κ2) is 8.32. The van der Waals surface area contributed by atoms with Crippen molar-refractivity contribution in [2.24, 2.45) is 0 Å². The van der Waals surface area contributed by atoms with Crippen LogP contribution in [-0.4, -0.2) is 23.1 Å². The molecule has 0 aromatic carbocycles. The first-order valence-electron chi connectivity index (χ1n) is 8.52. The first-order chi connectivity index (χ1) is 10.3. The summed E-state index contributed by atoms with van der Waals surface area (Å²) in [5.74, 6) is 2.41. The van der Waals surface area contributed by atoms with Crippen molar-refractivity contribution in [1.82, 2.24) is 9.97 Å². The monoisotopic (exact) mass is 291 g/mol. The molecule has 118 valence electrons. The fraction of sp³-hybridized carbons (Fsp3) is 0.765. The van der Waals surface area contributed by atoms with Gasteiger partial charge in [0.1, 0.15) is 11.9 Å². The SMILES string of the molecule is CCCNc1cc(C2CCCC2)nc(C(CC)OCC)n1. The van der Waals surface area contributed by atoms with Gasteiger partial charge in [-0.1, -0.05) is 26.7 Å². The van der Waals surface area contributed by atoms with Crippen LogP contribution < -0.4 is 5.32 Å². The molecule has 2 rings (SSSR count). The van der Waals surface area contributed by atoms with Crippen LogP contribution in [0.3, 0.4) is 0 Å². The topological polar surface area (TPSA) is 47.0 Å². The van der Waals surface area contributed by atoms with Crippen LogP contribution in [0.2, 0.25) is 0 Å². The third-order valence-corrected chi connectivity index (χ3v) is 4.12. The summed E-state index contributed by atoms with van der Waals surface area (Å²) in [6.45, 7) is 7.98. The van der Waals surface area contributed by atoms with Crippen molar-refractivity contribution < 1.29 is 4.74 Å². The molecule has 1 aliphatic rings. The summed E-state index contributed by atoms with van der Waals surface area (Å²) in [5.41, 5.74) is 1.20. The second-order valence-corrected chi connectivity index (χ2v) is 5.80. The Morgan fingerprint density at radius 3 is 2.62 bits per heavy atom. The molecule has 1 heterocycles. The maximum atomic E-state index is 5.80. The van der Waals surface area contributed by atoms with Gasteiger partial charge >= 0.3 is 0 Å². The molecule has 4 nitrogen and oxygen atoms in total. The van der Waals surface area contributed by atoms with Crippen molar-refractivity contribution in [2.45, 2.75) is 71.3 Å². The van der Waals surface area contributed by atoms with E-state index in [1.807, 2.05) is 6.92 Å². The predicted molar refractivity (Wildman–Crippen MR) is 86.7 cm³/mol. The van der Waals surface area contributed by atoms with E-state index in [4.69, 9.17) is 9.72 Å².